The molecule has 4 N–H and O–H groups in total. The summed E-state index contributed by atoms with van der Waals surface area (Å²) in [5, 5.41) is 5.16. The minimum atomic E-state index is -0.143. The Morgan fingerprint density at radius 2 is 1.85 bits per heavy atom. The smallest absolute Gasteiger partial charge is 0.199 e. The van der Waals surface area contributed by atoms with Gasteiger partial charge >= 0.3 is 0 Å². The summed E-state index contributed by atoms with van der Waals surface area (Å²) in [6, 6.07) is 14.8. The Kier molecular flexibility index (Phi) is 4.86. The lowest BCUT2D eigenvalue weighted by Gasteiger charge is -2.10. The van der Waals surface area contributed by atoms with Crippen LogP contribution in [-0.2, 0) is 0 Å². The molecule has 132 valence electrons. The summed E-state index contributed by atoms with van der Waals surface area (Å²) in [5.74, 6) is 0.168. The maximum atomic E-state index is 13.0. The van der Waals surface area contributed by atoms with Gasteiger partial charge in [0.2, 0.25) is 0 Å². The minimum Gasteiger partial charge on any atom is -0.399 e. The molecule has 1 aromatic heterocycles. The Balaban J connectivity index is 2.18. The van der Waals surface area contributed by atoms with Crippen molar-refractivity contribution in [3.8, 4) is 5.69 Å². The van der Waals surface area contributed by atoms with E-state index in [1.807, 2.05) is 49.6 Å². The van der Waals surface area contributed by atoms with Crippen molar-refractivity contribution >= 4 is 29.1 Å². The molecule has 2 aromatic carbocycles. The third kappa shape index (κ3) is 3.11. The number of hydrogen-bond acceptors (Lipinski definition) is 5. The van der Waals surface area contributed by atoms with Gasteiger partial charge in [-0.3, -0.25) is 4.79 Å². The van der Waals surface area contributed by atoms with Gasteiger partial charge < -0.3 is 11.5 Å². The monoisotopic (exact) mass is 364 g/mol. The van der Waals surface area contributed by atoms with Crippen molar-refractivity contribution in [2.45, 2.75) is 11.9 Å². The number of rotatable bonds is 5. The number of aromatic nitrogens is 2. The first kappa shape index (κ1) is 17.8. The Hall–Kier alpha value is -2.99. The summed E-state index contributed by atoms with van der Waals surface area (Å²) in [5.41, 5.74) is 16.2. The third-order valence-electron chi connectivity index (χ3n) is 4.15. The molecule has 6 heteroatoms. The zero-order valence-corrected chi connectivity index (χ0v) is 15.5. The molecule has 5 nitrogen and oxygen atoms in total. The molecule has 0 fully saturated rings. The third-order valence-corrected chi connectivity index (χ3v) is 4.83. The van der Waals surface area contributed by atoms with Gasteiger partial charge in [0.1, 0.15) is 10.8 Å². The van der Waals surface area contributed by atoms with Crippen molar-refractivity contribution in [1.29, 1.82) is 0 Å². The molecule has 3 aromatic rings. The van der Waals surface area contributed by atoms with E-state index in [9.17, 15) is 4.79 Å². The average molecular weight is 364 g/mol. The van der Waals surface area contributed by atoms with Crippen molar-refractivity contribution in [3.05, 3.63) is 77.4 Å². The number of hydrogen-bond donors (Lipinski definition) is 2. The maximum absolute atomic E-state index is 13.0. The fourth-order valence-corrected chi connectivity index (χ4v) is 3.29. The largest absolute Gasteiger partial charge is 0.399 e. The molecule has 0 saturated heterocycles. The first-order valence-electron chi connectivity index (χ1n) is 8.02. The van der Waals surface area contributed by atoms with Gasteiger partial charge in [-0.1, -0.05) is 49.0 Å². The molecule has 1 heterocycles. The molecule has 0 amide bonds. The van der Waals surface area contributed by atoms with E-state index in [-0.39, 0.29) is 5.78 Å². The number of nitrogens with two attached hydrogens (primary N) is 2. The highest BCUT2D eigenvalue weighted by atomic mass is 32.2. The van der Waals surface area contributed by atoms with Crippen LogP contribution >= 0.6 is 11.8 Å². The Labute approximate surface area is 156 Å². The summed E-state index contributed by atoms with van der Waals surface area (Å²) in [7, 11) is 0. The Morgan fingerprint density at radius 1 is 1.15 bits per heavy atom. The molecule has 3 rings (SSSR count). The first-order valence-corrected chi connectivity index (χ1v) is 9.24. The highest BCUT2D eigenvalue weighted by Gasteiger charge is 2.24. The fourth-order valence-electron chi connectivity index (χ4n) is 2.72. The normalized spacial score (nSPS) is 10.7. The summed E-state index contributed by atoms with van der Waals surface area (Å²) >= 11 is 1.39. The number of nitrogens with zero attached hydrogens (tertiary/aromatic N) is 2. The molecule has 0 unspecified atom stereocenters. The van der Waals surface area contributed by atoms with E-state index in [0.29, 0.717) is 27.7 Å². The molecule has 0 aliphatic heterocycles. The van der Waals surface area contributed by atoms with Crippen LogP contribution in [0.15, 0.2) is 60.1 Å². The van der Waals surface area contributed by atoms with E-state index in [1.165, 1.54) is 11.8 Å². The van der Waals surface area contributed by atoms with Gasteiger partial charge in [0.05, 0.1) is 11.3 Å². The second-order valence-corrected chi connectivity index (χ2v) is 6.70. The van der Waals surface area contributed by atoms with Gasteiger partial charge in [0.25, 0.3) is 0 Å². The number of anilines is 1. The zero-order chi connectivity index (χ0) is 18.8. The second-order valence-electron chi connectivity index (χ2n) is 5.90. The number of aryl methyl sites for hydroxylation is 1. The van der Waals surface area contributed by atoms with Crippen LogP contribution in [0.3, 0.4) is 0 Å². The van der Waals surface area contributed by atoms with Crippen LogP contribution in [-0.4, -0.2) is 21.8 Å². The summed E-state index contributed by atoms with van der Waals surface area (Å²) in [6.07, 6.45) is 1.87. The lowest BCUT2D eigenvalue weighted by atomic mass is 10.1. The molecule has 0 spiro atoms. The van der Waals surface area contributed by atoms with Crippen LogP contribution < -0.4 is 11.5 Å². The van der Waals surface area contributed by atoms with Gasteiger partial charge in [0, 0.05) is 11.3 Å². The van der Waals surface area contributed by atoms with Crippen LogP contribution in [0, 0.1) is 6.92 Å². The van der Waals surface area contributed by atoms with E-state index in [4.69, 9.17) is 11.5 Å². The van der Waals surface area contributed by atoms with Crippen LogP contribution in [0.5, 0.6) is 0 Å². The molecular weight excluding hydrogens is 344 g/mol. The molecule has 0 atom stereocenters. The van der Waals surface area contributed by atoms with Crippen molar-refractivity contribution in [1.82, 2.24) is 9.78 Å². The van der Waals surface area contributed by atoms with Gasteiger partial charge in [-0.25, -0.2) is 4.68 Å². The number of thioether (sulfide) groups is 1. The molecule has 0 radical (unpaired) electrons. The number of nitrogen functional groups attached to an aromatic ring is 1. The zero-order valence-electron chi connectivity index (χ0n) is 14.7. The van der Waals surface area contributed by atoms with Crippen molar-refractivity contribution in [2.24, 2.45) is 5.73 Å². The summed E-state index contributed by atoms with van der Waals surface area (Å²) < 4.78 is 1.60. The van der Waals surface area contributed by atoms with Gasteiger partial charge in [-0.15, -0.1) is 11.8 Å². The highest BCUT2D eigenvalue weighted by Crippen LogP contribution is 2.31. The molecule has 26 heavy (non-hydrogen) atoms. The Morgan fingerprint density at radius 3 is 2.46 bits per heavy atom. The molecular formula is C20H20N4OS. The quantitative estimate of drug-likeness (QED) is 0.533. The average Bonchev–Trinajstić information content (AvgIpc) is 2.98. The van der Waals surface area contributed by atoms with Gasteiger partial charge in [0.15, 0.2) is 5.78 Å². The summed E-state index contributed by atoms with van der Waals surface area (Å²) in [4.78, 5) is 13.0. The Bertz CT molecular complexity index is 993. The predicted octanol–water partition coefficient (Wildman–Crippen LogP) is 3.65. The van der Waals surface area contributed by atoms with E-state index < -0.39 is 0 Å². The van der Waals surface area contributed by atoms with Crippen LogP contribution in [0.4, 0.5) is 5.82 Å². The second kappa shape index (κ2) is 7.09. The minimum absolute atomic E-state index is 0.143. The van der Waals surface area contributed by atoms with Crippen molar-refractivity contribution in [2.75, 3.05) is 12.0 Å². The fraction of sp³-hybridized carbons (Fsp3) is 0.100. The van der Waals surface area contributed by atoms with Crippen LogP contribution in [0.1, 0.15) is 27.0 Å². The molecule has 0 aliphatic rings. The van der Waals surface area contributed by atoms with E-state index in [1.54, 1.807) is 16.8 Å². The lowest BCUT2D eigenvalue weighted by molar-refractivity contribution is 0.103. The standard InChI is InChI=1S/C20H20N4OS/c1-12-9-10-15(13(2)21)11-16(12)24-19(22)17(20(23-24)26-3)18(25)14-7-5-4-6-8-14/h4-11H,2,21-22H2,1,3H3. The summed E-state index contributed by atoms with van der Waals surface area (Å²) in [6.45, 7) is 5.73. The number of carbonyl (C=O) groups is 1. The van der Waals surface area contributed by atoms with E-state index in [0.717, 1.165) is 16.8 Å². The maximum Gasteiger partial charge on any atom is 0.199 e. The number of carbonyl (C=O) groups excluding carboxylic acids is 1. The molecule has 0 saturated carbocycles. The number of benzene rings is 2. The number of ketones is 1. The van der Waals surface area contributed by atoms with Gasteiger partial charge in [-0.2, -0.15) is 5.10 Å². The van der Waals surface area contributed by atoms with E-state index >= 15 is 0 Å². The van der Waals surface area contributed by atoms with Crippen LogP contribution in [0.25, 0.3) is 11.4 Å². The molecule has 0 bridgehead atoms. The van der Waals surface area contributed by atoms with Crippen molar-refractivity contribution < 1.29 is 4.79 Å². The van der Waals surface area contributed by atoms with Crippen molar-refractivity contribution in [3.63, 3.8) is 0 Å². The topological polar surface area (TPSA) is 86.9 Å². The van der Waals surface area contributed by atoms with E-state index in [2.05, 4.69) is 11.7 Å². The van der Waals surface area contributed by atoms with Crippen LogP contribution in [0.2, 0.25) is 0 Å². The van der Waals surface area contributed by atoms with Gasteiger partial charge in [-0.05, 0) is 30.4 Å². The first-order chi connectivity index (χ1) is 12.4. The lowest BCUT2D eigenvalue weighted by Crippen LogP contribution is -2.09. The predicted molar refractivity (Wildman–Crippen MR) is 108 cm³/mol. The molecule has 0 aliphatic carbocycles. The highest BCUT2D eigenvalue weighted by molar-refractivity contribution is 7.98. The SMILES string of the molecule is C=C(N)c1ccc(C)c(-n2nc(SC)c(C(=O)c3ccccc3)c2N)c1.